The fourth-order valence-electron chi connectivity index (χ4n) is 3.94. The van der Waals surface area contributed by atoms with Gasteiger partial charge in [-0.05, 0) is 47.2 Å². The third kappa shape index (κ3) is 3.74. The van der Waals surface area contributed by atoms with Crippen molar-refractivity contribution >= 4 is 27.1 Å². The maximum absolute atomic E-state index is 12.8. The molecule has 6 nitrogen and oxygen atoms in total. The van der Waals surface area contributed by atoms with Crippen LogP contribution in [0.1, 0.15) is 37.4 Å². The van der Waals surface area contributed by atoms with E-state index in [0.29, 0.717) is 11.4 Å². The molecule has 0 amide bonds. The highest BCUT2D eigenvalue weighted by Crippen LogP contribution is 2.46. The van der Waals surface area contributed by atoms with Crippen LogP contribution in [0.2, 0.25) is 0 Å². The summed E-state index contributed by atoms with van der Waals surface area (Å²) in [6, 6.07) is 16.1. The van der Waals surface area contributed by atoms with E-state index in [1.165, 1.54) is 18.5 Å². The first-order valence-corrected chi connectivity index (χ1v) is 11.1. The normalized spacial score (nSPS) is 17.3. The van der Waals surface area contributed by atoms with Gasteiger partial charge < -0.3 is 5.32 Å². The van der Waals surface area contributed by atoms with Gasteiger partial charge in [-0.15, -0.1) is 0 Å². The molecule has 3 aromatic rings. The number of hydrogen-bond donors (Lipinski definition) is 2. The Kier molecular flexibility index (Phi) is 4.96. The molecule has 0 saturated carbocycles. The summed E-state index contributed by atoms with van der Waals surface area (Å²) in [5.74, 6) is 0. The van der Waals surface area contributed by atoms with Crippen LogP contribution in [-0.4, -0.2) is 13.4 Å². The van der Waals surface area contributed by atoms with Gasteiger partial charge in [0.25, 0.3) is 10.0 Å². The third-order valence-electron chi connectivity index (χ3n) is 5.43. The number of nitrogens with one attached hydrogen (secondary N) is 2. The number of fused-ring (bicyclic) bond motifs is 1. The van der Waals surface area contributed by atoms with E-state index >= 15 is 0 Å². The summed E-state index contributed by atoms with van der Waals surface area (Å²) < 4.78 is 28.4. The molecule has 0 bridgehead atoms. The summed E-state index contributed by atoms with van der Waals surface area (Å²) in [6.07, 6.45) is 3.63. The largest absolute Gasteiger partial charge is 0.378 e. The molecule has 1 unspecified atom stereocenters. The van der Waals surface area contributed by atoms with E-state index in [1.54, 1.807) is 18.2 Å². The summed E-state index contributed by atoms with van der Waals surface area (Å²) in [6.45, 7) is 11.6. The average molecular weight is 419 g/mol. The Labute approximate surface area is 176 Å². The summed E-state index contributed by atoms with van der Waals surface area (Å²) in [5, 5.41) is 3.54. The lowest BCUT2D eigenvalue weighted by atomic mass is 9.74. The number of benzene rings is 2. The minimum Gasteiger partial charge on any atom is -0.378 e. The van der Waals surface area contributed by atoms with Gasteiger partial charge in [0.05, 0.1) is 18.3 Å². The van der Waals surface area contributed by atoms with Gasteiger partial charge >= 0.3 is 0 Å². The van der Waals surface area contributed by atoms with Crippen molar-refractivity contribution in [3.05, 3.63) is 89.5 Å². The molecule has 0 aliphatic carbocycles. The molecule has 2 N–H and O–H groups in total. The monoisotopic (exact) mass is 418 g/mol. The second-order valence-electron chi connectivity index (χ2n) is 8.01. The van der Waals surface area contributed by atoms with E-state index in [1.807, 2.05) is 30.3 Å². The van der Waals surface area contributed by atoms with Crippen molar-refractivity contribution in [3.8, 4) is 0 Å². The molecule has 2 heterocycles. The smallest absolute Gasteiger partial charge is 0.263 e. The Morgan fingerprint density at radius 1 is 1.17 bits per heavy atom. The van der Waals surface area contributed by atoms with Crippen LogP contribution in [0.3, 0.4) is 0 Å². The molecule has 1 aliphatic rings. The number of pyridine rings is 1. The van der Waals surface area contributed by atoms with Crippen molar-refractivity contribution in [2.75, 3.05) is 10.0 Å². The van der Waals surface area contributed by atoms with Gasteiger partial charge in [-0.1, -0.05) is 44.2 Å². The summed E-state index contributed by atoms with van der Waals surface area (Å²) in [4.78, 5) is 7.57. The fraction of sp³-hybridized carbons (Fsp3) is 0.217. The predicted octanol–water partition coefficient (Wildman–Crippen LogP) is 5.27. The summed E-state index contributed by atoms with van der Waals surface area (Å²) in [5.41, 5.74) is 3.91. The molecule has 152 valence electrons. The zero-order chi connectivity index (χ0) is 21.4. The highest BCUT2D eigenvalue weighted by Gasteiger charge is 2.34. The Morgan fingerprint density at radius 3 is 2.70 bits per heavy atom. The van der Waals surface area contributed by atoms with Gasteiger partial charge in [0, 0.05) is 18.1 Å². The third-order valence-corrected chi connectivity index (χ3v) is 6.78. The Hall–Kier alpha value is -3.37. The van der Waals surface area contributed by atoms with Crippen LogP contribution in [0.25, 0.3) is 4.85 Å². The van der Waals surface area contributed by atoms with Crippen LogP contribution in [0.15, 0.2) is 71.9 Å². The minimum absolute atomic E-state index is 0.0842. The van der Waals surface area contributed by atoms with E-state index in [9.17, 15) is 8.42 Å². The van der Waals surface area contributed by atoms with Crippen molar-refractivity contribution in [1.29, 1.82) is 0 Å². The lowest BCUT2D eigenvalue weighted by Gasteiger charge is -2.39. The summed E-state index contributed by atoms with van der Waals surface area (Å²) in [7, 11) is -3.75. The van der Waals surface area contributed by atoms with Crippen LogP contribution in [0.5, 0.6) is 0 Å². The first-order chi connectivity index (χ1) is 14.3. The van der Waals surface area contributed by atoms with E-state index < -0.39 is 10.0 Å². The molecule has 7 heteroatoms. The lowest BCUT2D eigenvalue weighted by molar-refractivity contribution is 0.428. The van der Waals surface area contributed by atoms with Crippen molar-refractivity contribution in [2.24, 2.45) is 0 Å². The van der Waals surface area contributed by atoms with E-state index in [2.05, 4.69) is 33.7 Å². The molecular formula is C23H22N4O2S. The second kappa shape index (κ2) is 7.47. The van der Waals surface area contributed by atoms with E-state index in [-0.39, 0.29) is 16.4 Å². The van der Waals surface area contributed by atoms with Crippen LogP contribution in [0, 0.1) is 6.57 Å². The van der Waals surface area contributed by atoms with Crippen molar-refractivity contribution in [3.63, 3.8) is 0 Å². The van der Waals surface area contributed by atoms with Gasteiger partial charge in [0.1, 0.15) is 4.90 Å². The molecule has 0 fully saturated rings. The quantitative estimate of drug-likeness (QED) is 0.566. The van der Waals surface area contributed by atoms with Gasteiger partial charge in [-0.3, -0.25) is 9.71 Å². The van der Waals surface area contributed by atoms with Crippen molar-refractivity contribution < 1.29 is 8.42 Å². The first kappa shape index (κ1) is 19.9. The molecule has 4 rings (SSSR count). The SMILES string of the molecule is [C-]#[N+]c1ccc2c(c1)C(C)(C)CC(c1ccccc1NS(=O)(=O)c1cccnc1)N2. The molecular weight excluding hydrogens is 396 g/mol. The Bertz CT molecular complexity index is 1230. The maximum Gasteiger partial charge on any atom is 0.263 e. The highest BCUT2D eigenvalue weighted by molar-refractivity contribution is 7.92. The zero-order valence-corrected chi connectivity index (χ0v) is 17.6. The highest BCUT2D eigenvalue weighted by atomic mass is 32.2. The van der Waals surface area contributed by atoms with Crippen LogP contribution < -0.4 is 10.0 Å². The number of anilines is 2. The van der Waals surface area contributed by atoms with Gasteiger partial charge in [-0.25, -0.2) is 13.3 Å². The number of para-hydroxylation sites is 1. The van der Waals surface area contributed by atoms with E-state index in [0.717, 1.165) is 23.2 Å². The van der Waals surface area contributed by atoms with Crippen LogP contribution in [0.4, 0.5) is 17.1 Å². The molecule has 1 aromatic heterocycles. The van der Waals surface area contributed by atoms with Crippen LogP contribution in [-0.2, 0) is 15.4 Å². The number of sulfonamides is 1. The summed E-state index contributed by atoms with van der Waals surface area (Å²) >= 11 is 0. The molecule has 0 spiro atoms. The maximum atomic E-state index is 12.8. The number of hydrogen-bond acceptors (Lipinski definition) is 4. The second-order valence-corrected chi connectivity index (χ2v) is 9.69. The number of nitrogens with zero attached hydrogens (tertiary/aromatic N) is 2. The molecule has 0 saturated heterocycles. The average Bonchev–Trinajstić information content (AvgIpc) is 2.74. The molecule has 1 atom stereocenters. The Balaban J connectivity index is 1.70. The van der Waals surface area contributed by atoms with Gasteiger partial charge in [0.15, 0.2) is 5.69 Å². The van der Waals surface area contributed by atoms with Gasteiger partial charge in [0.2, 0.25) is 0 Å². The standard InChI is InChI=1S/C23H22N4O2S/c1-23(2)14-22(26-21-11-10-16(24-3)13-19(21)23)18-8-4-5-9-20(18)27-30(28,29)17-7-6-12-25-15-17/h4-13,15,22,26-27H,14H2,1-2H3. The minimum atomic E-state index is -3.75. The van der Waals surface area contributed by atoms with Crippen molar-refractivity contribution in [2.45, 2.75) is 36.6 Å². The number of aromatic nitrogens is 1. The lowest BCUT2D eigenvalue weighted by Crippen LogP contribution is -2.31. The molecule has 1 aliphatic heterocycles. The topological polar surface area (TPSA) is 75.5 Å². The van der Waals surface area contributed by atoms with Crippen LogP contribution >= 0.6 is 0 Å². The fourth-order valence-corrected chi connectivity index (χ4v) is 4.99. The molecule has 30 heavy (non-hydrogen) atoms. The van der Waals surface area contributed by atoms with Crippen molar-refractivity contribution in [1.82, 2.24) is 4.98 Å². The first-order valence-electron chi connectivity index (χ1n) is 9.60. The number of rotatable bonds is 4. The molecule has 2 aromatic carbocycles. The Morgan fingerprint density at radius 2 is 1.97 bits per heavy atom. The molecule has 0 radical (unpaired) electrons. The predicted molar refractivity (Wildman–Crippen MR) is 118 cm³/mol. The van der Waals surface area contributed by atoms with Gasteiger partial charge in [-0.2, -0.15) is 0 Å². The van der Waals surface area contributed by atoms with E-state index in [4.69, 9.17) is 6.57 Å². The zero-order valence-electron chi connectivity index (χ0n) is 16.8.